The average Bonchev–Trinajstić information content (AvgIpc) is 2.65. The highest BCUT2D eigenvalue weighted by molar-refractivity contribution is 5.90. The van der Waals surface area contributed by atoms with Gasteiger partial charge in [0.25, 0.3) is 5.69 Å². The van der Waals surface area contributed by atoms with E-state index in [0.29, 0.717) is 12.1 Å². The summed E-state index contributed by atoms with van der Waals surface area (Å²) >= 11 is 0. The van der Waals surface area contributed by atoms with Crippen LogP contribution in [0.25, 0.3) is 10.8 Å². The molecule has 0 spiro atoms. The van der Waals surface area contributed by atoms with E-state index in [1.807, 2.05) is 30.3 Å². The van der Waals surface area contributed by atoms with Crippen LogP contribution in [0.2, 0.25) is 0 Å². The molecular weight excluding hydrogens is 375 g/mol. The summed E-state index contributed by atoms with van der Waals surface area (Å²) in [5.41, 5.74) is 3.19. The molecule has 0 aliphatic heterocycles. The van der Waals surface area contributed by atoms with Crippen molar-refractivity contribution in [2.45, 2.75) is 12.6 Å². The summed E-state index contributed by atoms with van der Waals surface area (Å²) in [5, 5.41) is 12.9. The number of hydrogen-bond acceptors (Lipinski definition) is 4. The van der Waals surface area contributed by atoms with E-state index in [-0.39, 0.29) is 12.1 Å². The molecule has 28 heavy (non-hydrogen) atoms. The topological polar surface area (TPSA) is 84.3 Å². The quantitative estimate of drug-likeness (QED) is 0.499. The van der Waals surface area contributed by atoms with Gasteiger partial charge < -0.3 is 0 Å². The van der Waals surface area contributed by atoms with Crippen LogP contribution in [0.5, 0.6) is 0 Å². The van der Waals surface area contributed by atoms with E-state index in [9.17, 15) is 28.1 Å². The van der Waals surface area contributed by atoms with Crippen LogP contribution in [0, 0.1) is 10.1 Å². The second-order valence-corrected chi connectivity index (χ2v) is 5.98. The van der Waals surface area contributed by atoms with Gasteiger partial charge in [-0.15, -0.1) is 0 Å². The van der Waals surface area contributed by atoms with E-state index in [2.05, 4.69) is 10.9 Å². The number of nitro benzene ring substituents is 1. The lowest BCUT2D eigenvalue weighted by Gasteiger charge is -2.12. The number of nitro groups is 1. The first kappa shape index (κ1) is 19.2. The third-order valence-electron chi connectivity index (χ3n) is 4.09. The largest absolute Gasteiger partial charge is 0.416 e. The van der Waals surface area contributed by atoms with Crippen LogP contribution < -0.4 is 10.9 Å². The van der Waals surface area contributed by atoms with E-state index in [1.54, 1.807) is 12.1 Å². The Kier molecular flexibility index (Phi) is 5.16. The molecule has 0 aromatic heterocycles. The molecular formula is C19H14F3N3O3. The molecule has 0 fully saturated rings. The fourth-order valence-corrected chi connectivity index (χ4v) is 2.77. The van der Waals surface area contributed by atoms with Crippen LogP contribution in [-0.4, -0.2) is 10.8 Å². The number of halogens is 3. The maximum atomic E-state index is 12.7. The van der Waals surface area contributed by atoms with E-state index in [4.69, 9.17) is 0 Å². The van der Waals surface area contributed by atoms with Crippen molar-refractivity contribution in [3.05, 3.63) is 81.9 Å². The number of rotatable bonds is 5. The van der Waals surface area contributed by atoms with Gasteiger partial charge in [0, 0.05) is 6.07 Å². The summed E-state index contributed by atoms with van der Waals surface area (Å²) in [6.07, 6.45) is -4.72. The Bertz CT molecular complexity index is 1050. The number of fused-ring (bicyclic) bond motifs is 1. The number of anilines is 1. The van der Waals surface area contributed by atoms with E-state index in [1.165, 1.54) is 0 Å². The van der Waals surface area contributed by atoms with Gasteiger partial charge in [0.2, 0.25) is 5.91 Å². The van der Waals surface area contributed by atoms with Gasteiger partial charge in [0.05, 0.1) is 16.9 Å². The van der Waals surface area contributed by atoms with Gasteiger partial charge in [0.1, 0.15) is 5.69 Å². The smallest absolute Gasteiger partial charge is 0.292 e. The van der Waals surface area contributed by atoms with Crippen LogP contribution in [0.15, 0.2) is 60.7 Å². The maximum absolute atomic E-state index is 12.7. The Labute approximate surface area is 157 Å². The molecule has 0 heterocycles. The van der Waals surface area contributed by atoms with Crippen molar-refractivity contribution < 1.29 is 22.9 Å². The highest BCUT2D eigenvalue weighted by atomic mass is 19.4. The monoisotopic (exact) mass is 389 g/mol. The minimum absolute atomic E-state index is 0.0111. The molecule has 0 saturated heterocycles. The minimum Gasteiger partial charge on any atom is -0.292 e. The van der Waals surface area contributed by atoms with Crippen LogP contribution in [0.1, 0.15) is 11.1 Å². The Hall–Kier alpha value is -3.62. The zero-order chi connectivity index (χ0) is 20.3. The Morgan fingerprint density at radius 2 is 1.75 bits per heavy atom. The van der Waals surface area contributed by atoms with Crippen molar-refractivity contribution in [2.24, 2.45) is 0 Å². The molecule has 2 N–H and O–H groups in total. The molecule has 9 heteroatoms. The van der Waals surface area contributed by atoms with E-state index >= 15 is 0 Å². The predicted molar refractivity (Wildman–Crippen MR) is 97.5 cm³/mol. The first-order valence-corrected chi connectivity index (χ1v) is 8.13. The SMILES string of the molecule is O=C(Cc1cccc2ccccc12)NNc1ccc(C(F)(F)F)cc1[N+](=O)[O-]. The maximum Gasteiger partial charge on any atom is 0.416 e. The summed E-state index contributed by atoms with van der Waals surface area (Å²) in [5.74, 6) is -0.495. The van der Waals surface area contributed by atoms with Crippen molar-refractivity contribution in [2.75, 3.05) is 5.43 Å². The lowest BCUT2D eigenvalue weighted by atomic mass is 10.0. The van der Waals surface area contributed by atoms with Gasteiger partial charge >= 0.3 is 6.18 Å². The van der Waals surface area contributed by atoms with E-state index < -0.39 is 28.3 Å². The van der Waals surface area contributed by atoms with Crippen LogP contribution in [0.3, 0.4) is 0 Å². The van der Waals surface area contributed by atoms with Gasteiger partial charge in [0.15, 0.2) is 0 Å². The number of carbonyl (C=O) groups excluding carboxylic acids is 1. The molecule has 0 atom stereocenters. The molecule has 0 radical (unpaired) electrons. The number of nitrogens with zero attached hydrogens (tertiary/aromatic N) is 1. The Morgan fingerprint density at radius 3 is 2.46 bits per heavy atom. The van der Waals surface area contributed by atoms with Crippen molar-refractivity contribution in [3.63, 3.8) is 0 Å². The van der Waals surface area contributed by atoms with Crippen molar-refractivity contribution >= 4 is 28.1 Å². The molecule has 0 unspecified atom stereocenters. The second kappa shape index (κ2) is 7.55. The number of benzene rings is 3. The fourth-order valence-electron chi connectivity index (χ4n) is 2.77. The molecule has 3 rings (SSSR count). The van der Waals surface area contributed by atoms with Gasteiger partial charge in [-0.1, -0.05) is 42.5 Å². The molecule has 0 saturated carbocycles. The number of hydrazine groups is 1. The van der Waals surface area contributed by atoms with Crippen LogP contribution >= 0.6 is 0 Å². The molecule has 6 nitrogen and oxygen atoms in total. The normalized spacial score (nSPS) is 11.2. The zero-order valence-corrected chi connectivity index (χ0v) is 14.3. The molecule has 144 valence electrons. The third-order valence-corrected chi connectivity index (χ3v) is 4.09. The third kappa shape index (κ3) is 4.20. The highest BCUT2D eigenvalue weighted by Crippen LogP contribution is 2.34. The lowest BCUT2D eigenvalue weighted by molar-refractivity contribution is -0.384. The number of amides is 1. The molecule has 1 amide bonds. The Balaban J connectivity index is 1.75. The molecule has 0 bridgehead atoms. The molecule has 3 aromatic rings. The van der Waals surface area contributed by atoms with Gasteiger partial charge in [-0.3, -0.25) is 25.8 Å². The standard InChI is InChI=1S/C19H14F3N3O3/c20-19(21,22)14-8-9-16(17(11-14)25(27)28)23-24-18(26)10-13-6-3-5-12-4-1-2-7-15(12)13/h1-9,11,23H,10H2,(H,24,26). The van der Waals surface area contributed by atoms with E-state index in [0.717, 1.165) is 22.4 Å². The number of carbonyl (C=O) groups is 1. The van der Waals surface area contributed by atoms with Gasteiger partial charge in [-0.25, -0.2) is 0 Å². The first-order valence-electron chi connectivity index (χ1n) is 8.13. The summed E-state index contributed by atoms with van der Waals surface area (Å²) in [4.78, 5) is 22.3. The lowest BCUT2D eigenvalue weighted by Crippen LogP contribution is -2.31. The number of alkyl halides is 3. The summed E-state index contributed by atoms with van der Waals surface area (Å²) in [7, 11) is 0. The number of nitrogens with one attached hydrogen (secondary N) is 2. The van der Waals surface area contributed by atoms with Crippen LogP contribution in [-0.2, 0) is 17.4 Å². The average molecular weight is 389 g/mol. The first-order chi connectivity index (χ1) is 13.3. The summed E-state index contributed by atoms with van der Waals surface area (Å²) < 4.78 is 38.2. The summed E-state index contributed by atoms with van der Waals surface area (Å²) in [6.45, 7) is 0. The van der Waals surface area contributed by atoms with Crippen molar-refractivity contribution in [1.29, 1.82) is 0 Å². The van der Waals surface area contributed by atoms with Gasteiger partial charge in [-0.05, 0) is 28.5 Å². The Morgan fingerprint density at radius 1 is 1.04 bits per heavy atom. The highest BCUT2D eigenvalue weighted by Gasteiger charge is 2.33. The zero-order valence-electron chi connectivity index (χ0n) is 14.3. The van der Waals surface area contributed by atoms with Crippen molar-refractivity contribution in [3.8, 4) is 0 Å². The predicted octanol–water partition coefficient (Wildman–Crippen LogP) is 4.45. The summed E-state index contributed by atoms with van der Waals surface area (Å²) in [6, 6.07) is 15.0. The molecule has 0 aliphatic rings. The van der Waals surface area contributed by atoms with Gasteiger partial charge in [-0.2, -0.15) is 13.2 Å². The second-order valence-electron chi connectivity index (χ2n) is 5.98. The number of hydrogen-bond donors (Lipinski definition) is 2. The molecule has 3 aromatic carbocycles. The molecule has 0 aliphatic carbocycles. The van der Waals surface area contributed by atoms with Crippen molar-refractivity contribution in [1.82, 2.24) is 5.43 Å². The fraction of sp³-hybridized carbons (Fsp3) is 0.105. The van der Waals surface area contributed by atoms with Crippen LogP contribution in [0.4, 0.5) is 24.5 Å². The minimum atomic E-state index is -4.71.